The Labute approximate surface area is 203 Å². The minimum absolute atomic E-state index is 0.100. The number of halogens is 4. The van der Waals surface area contributed by atoms with E-state index in [1.165, 1.54) is 23.8 Å². The molecule has 0 bridgehead atoms. The molecule has 0 atom stereocenters. The van der Waals surface area contributed by atoms with Gasteiger partial charge >= 0.3 is 6.18 Å². The Morgan fingerprint density at radius 3 is 2.58 bits per heavy atom. The van der Waals surface area contributed by atoms with Crippen molar-refractivity contribution in [2.45, 2.75) is 25.9 Å². The highest BCUT2D eigenvalue weighted by Crippen LogP contribution is 2.28. The zero-order chi connectivity index (χ0) is 26.0. The van der Waals surface area contributed by atoms with Gasteiger partial charge in [-0.15, -0.1) is 0 Å². The molecule has 2 aromatic carbocycles. The average Bonchev–Trinajstić information content (AvgIpc) is 3.22. The predicted molar refractivity (Wildman–Crippen MR) is 127 cm³/mol. The van der Waals surface area contributed by atoms with E-state index < -0.39 is 24.3 Å². The summed E-state index contributed by atoms with van der Waals surface area (Å²) in [4.78, 5) is 16.0. The molecule has 0 spiro atoms. The van der Waals surface area contributed by atoms with Gasteiger partial charge in [-0.2, -0.15) is 18.3 Å². The predicted octanol–water partition coefficient (Wildman–Crippen LogP) is 4.91. The van der Waals surface area contributed by atoms with Crippen molar-refractivity contribution < 1.29 is 27.1 Å². The van der Waals surface area contributed by atoms with Gasteiger partial charge in [0, 0.05) is 24.1 Å². The Kier molecular flexibility index (Phi) is 6.82. The second kappa shape index (κ2) is 9.84. The normalized spacial score (nSPS) is 11.6. The summed E-state index contributed by atoms with van der Waals surface area (Å²) in [6, 6.07) is 11.2. The van der Waals surface area contributed by atoms with E-state index in [2.05, 4.69) is 15.4 Å². The lowest BCUT2D eigenvalue weighted by Crippen LogP contribution is -2.15. The molecule has 11 heteroatoms. The molecular weight excluding hydrogens is 478 g/mol. The number of anilines is 1. The average molecular weight is 501 g/mol. The smallest absolute Gasteiger partial charge is 0.390 e. The van der Waals surface area contributed by atoms with E-state index in [9.17, 15) is 22.4 Å². The lowest BCUT2D eigenvalue weighted by atomic mass is 10.0. The van der Waals surface area contributed by atoms with Crippen LogP contribution in [0.25, 0.3) is 16.9 Å². The highest BCUT2D eigenvalue weighted by atomic mass is 19.4. The Balaban J connectivity index is 1.77. The summed E-state index contributed by atoms with van der Waals surface area (Å²) < 4.78 is 58.9. The number of ether oxygens (including phenoxy) is 1. The van der Waals surface area contributed by atoms with Crippen LogP contribution in [0, 0.1) is 12.7 Å². The van der Waals surface area contributed by atoms with Crippen LogP contribution in [0.2, 0.25) is 0 Å². The number of methoxy groups -OCH3 is 1. The van der Waals surface area contributed by atoms with E-state index in [1.807, 2.05) is 0 Å². The van der Waals surface area contributed by atoms with Crippen molar-refractivity contribution >= 4 is 17.2 Å². The van der Waals surface area contributed by atoms with E-state index in [1.54, 1.807) is 43.5 Å². The summed E-state index contributed by atoms with van der Waals surface area (Å²) in [5.41, 5.74) is 9.44. The Bertz CT molecular complexity index is 1430. The quantitative estimate of drug-likeness (QED) is 0.335. The molecule has 0 aliphatic carbocycles. The van der Waals surface area contributed by atoms with Gasteiger partial charge in [-0.1, -0.05) is 12.1 Å². The largest absolute Gasteiger partial charge is 0.494 e. The molecule has 0 aliphatic heterocycles. The van der Waals surface area contributed by atoms with E-state index in [-0.39, 0.29) is 18.7 Å². The summed E-state index contributed by atoms with van der Waals surface area (Å²) >= 11 is 0. The number of alkyl halides is 3. The molecule has 4 rings (SSSR count). The van der Waals surface area contributed by atoms with Gasteiger partial charge in [-0.25, -0.2) is 13.9 Å². The van der Waals surface area contributed by atoms with Crippen LogP contribution in [0.4, 0.5) is 23.2 Å². The summed E-state index contributed by atoms with van der Waals surface area (Å²) in [7, 11) is 1.37. The van der Waals surface area contributed by atoms with Crippen molar-refractivity contribution in [3.8, 4) is 17.0 Å². The number of amides is 1. The van der Waals surface area contributed by atoms with Crippen LogP contribution in [0.1, 0.15) is 33.6 Å². The first-order valence-electron chi connectivity index (χ1n) is 11.0. The number of carbonyl (C=O) groups excluding carboxylic acids is 1. The maximum atomic E-state index is 14.2. The zero-order valence-corrected chi connectivity index (χ0v) is 19.5. The standard InChI is InChI=1S/C25H23F4N5O2/c1-14-9-16(4-5-18(14)23(30)35)21-13-32-24-20(31-8-7-25(27,28)29)12-17(33-34(21)24)10-15-3-6-22(36-2)19(26)11-15/h3-6,9,11-13,31H,7-8,10H2,1-2H3,(H2,30,35). The molecule has 7 nitrogen and oxygen atoms in total. The van der Waals surface area contributed by atoms with Crippen LogP contribution in [0.3, 0.4) is 0 Å². The maximum Gasteiger partial charge on any atom is 0.390 e. The van der Waals surface area contributed by atoms with Gasteiger partial charge in [0.25, 0.3) is 0 Å². The number of carbonyl (C=O) groups is 1. The second-order valence-corrected chi connectivity index (χ2v) is 8.26. The van der Waals surface area contributed by atoms with E-state index in [0.717, 1.165) is 0 Å². The number of aromatic nitrogens is 3. The first kappa shape index (κ1) is 25.0. The van der Waals surface area contributed by atoms with Gasteiger partial charge in [0.1, 0.15) is 0 Å². The molecule has 0 aliphatic rings. The Hall–Kier alpha value is -4.15. The lowest BCUT2D eigenvalue weighted by molar-refractivity contribution is -0.131. The molecule has 188 valence electrons. The molecule has 0 fully saturated rings. The first-order valence-corrected chi connectivity index (χ1v) is 11.0. The first-order chi connectivity index (χ1) is 17.1. The van der Waals surface area contributed by atoms with Gasteiger partial charge in [0.2, 0.25) is 5.91 Å². The van der Waals surface area contributed by atoms with Crippen LogP contribution < -0.4 is 15.8 Å². The number of hydrogen-bond donors (Lipinski definition) is 2. The third kappa shape index (κ3) is 5.40. The van der Waals surface area contributed by atoms with E-state index >= 15 is 0 Å². The molecule has 0 unspecified atom stereocenters. The lowest BCUT2D eigenvalue weighted by Gasteiger charge is -2.13. The molecule has 1 amide bonds. The van der Waals surface area contributed by atoms with E-state index in [0.29, 0.717) is 45.0 Å². The van der Waals surface area contributed by atoms with Crippen LogP contribution in [0.15, 0.2) is 48.7 Å². The van der Waals surface area contributed by atoms with Crippen molar-refractivity contribution in [3.63, 3.8) is 0 Å². The molecule has 2 heterocycles. The van der Waals surface area contributed by atoms with Crippen molar-refractivity contribution in [1.29, 1.82) is 0 Å². The van der Waals surface area contributed by atoms with Crippen molar-refractivity contribution in [2.75, 3.05) is 19.0 Å². The zero-order valence-electron chi connectivity index (χ0n) is 19.5. The number of aryl methyl sites for hydroxylation is 1. The molecule has 0 radical (unpaired) electrons. The van der Waals surface area contributed by atoms with Gasteiger partial charge in [-0.3, -0.25) is 4.79 Å². The number of rotatable bonds is 8. The molecule has 4 aromatic rings. The fourth-order valence-electron chi connectivity index (χ4n) is 3.90. The van der Waals surface area contributed by atoms with E-state index in [4.69, 9.17) is 10.5 Å². The maximum absolute atomic E-state index is 14.2. The number of nitrogens with two attached hydrogens (primary N) is 1. The van der Waals surface area contributed by atoms with Gasteiger partial charge in [-0.05, 0) is 48.4 Å². The Morgan fingerprint density at radius 2 is 1.94 bits per heavy atom. The van der Waals surface area contributed by atoms with Crippen LogP contribution >= 0.6 is 0 Å². The molecule has 0 saturated carbocycles. The topological polar surface area (TPSA) is 94.5 Å². The molecule has 2 aromatic heterocycles. The third-order valence-electron chi connectivity index (χ3n) is 5.63. The van der Waals surface area contributed by atoms with Gasteiger partial charge in [0.15, 0.2) is 17.2 Å². The number of benzene rings is 2. The molecular formula is C25H23F4N5O2. The molecule has 36 heavy (non-hydrogen) atoms. The number of primary amides is 1. The fourth-order valence-corrected chi connectivity index (χ4v) is 3.90. The number of hydrogen-bond acceptors (Lipinski definition) is 5. The second-order valence-electron chi connectivity index (χ2n) is 8.26. The highest BCUT2D eigenvalue weighted by Gasteiger charge is 2.26. The summed E-state index contributed by atoms with van der Waals surface area (Å²) in [5.74, 6) is -0.989. The third-order valence-corrected chi connectivity index (χ3v) is 5.63. The summed E-state index contributed by atoms with van der Waals surface area (Å²) in [5, 5.41) is 7.43. The van der Waals surface area contributed by atoms with Crippen molar-refractivity contribution in [3.05, 3.63) is 76.9 Å². The Morgan fingerprint density at radius 1 is 1.17 bits per heavy atom. The van der Waals surface area contributed by atoms with Crippen molar-refractivity contribution in [1.82, 2.24) is 14.6 Å². The highest BCUT2D eigenvalue weighted by molar-refractivity contribution is 5.94. The van der Waals surface area contributed by atoms with Gasteiger partial charge in [0.05, 0.1) is 36.8 Å². The minimum Gasteiger partial charge on any atom is -0.494 e. The van der Waals surface area contributed by atoms with Crippen LogP contribution in [0.5, 0.6) is 5.75 Å². The van der Waals surface area contributed by atoms with Crippen LogP contribution in [-0.2, 0) is 6.42 Å². The monoisotopic (exact) mass is 501 g/mol. The fraction of sp³-hybridized carbons (Fsp3) is 0.240. The summed E-state index contributed by atoms with van der Waals surface area (Å²) in [6.07, 6.45) is -3.59. The number of fused-ring (bicyclic) bond motifs is 1. The van der Waals surface area contributed by atoms with Crippen molar-refractivity contribution in [2.24, 2.45) is 5.73 Å². The SMILES string of the molecule is COc1ccc(Cc2cc(NCCC(F)(F)F)c3ncc(-c4ccc(C(N)=O)c(C)c4)n3n2)cc1F. The summed E-state index contributed by atoms with van der Waals surface area (Å²) in [6.45, 7) is 1.39. The minimum atomic E-state index is -4.32. The molecule has 3 N–H and O–H groups in total. The molecule has 0 saturated heterocycles. The number of imidazole rings is 1. The van der Waals surface area contributed by atoms with Gasteiger partial charge < -0.3 is 15.8 Å². The van der Waals surface area contributed by atoms with Crippen LogP contribution in [-0.4, -0.2) is 40.3 Å². The number of nitrogens with zero attached hydrogens (tertiary/aromatic N) is 3. The number of nitrogens with one attached hydrogen (secondary N) is 1.